The van der Waals surface area contributed by atoms with Crippen LogP contribution in [0.3, 0.4) is 0 Å². The van der Waals surface area contributed by atoms with E-state index < -0.39 is 6.04 Å². The normalized spacial score (nSPS) is 19.6. The lowest BCUT2D eigenvalue weighted by Crippen LogP contribution is -2.46. The van der Waals surface area contributed by atoms with E-state index in [-0.39, 0.29) is 11.9 Å². The van der Waals surface area contributed by atoms with E-state index in [1.807, 2.05) is 0 Å². The maximum atomic E-state index is 11.7. The van der Waals surface area contributed by atoms with Crippen molar-refractivity contribution in [3.63, 3.8) is 0 Å². The summed E-state index contributed by atoms with van der Waals surface area (Å²) >= 11 is 0. The minimum absolute atomic E-state index is 0.114. The van der Waals surface area contributed by atoms with E-state index in [4.69, 9.17) is 0 Å². The van der Waals surface area contributed by atoms with Gasteiger partial charge in [0.15, 0.2) is 0 Å². The maximum absolute atomic E-state index is 11.7. The van der Waals surface area contributed by atoms with E-state index in [9.17, 15) is 9.59 Å². The third kappa shape index (κ3) is 3.44. The summed E-state index contributed by atoms with van der Waals surface area (Å²) < 4.78 is 0. The van der Waals surface area contributed by atoms with Crippen molar-refractivity contribution in [2.45, 2.75) is 25.3 Å². The maximum Gasteiger partial charge on any atom is 0.319 e. The smallest absolute Gasteiger partial charge is 0.319 e. The number of rotatable bonds is 2. The van der Waals surface area contributed by atoms with Crippen LogP contribution in [0.5, 0.6) is 0 Å². The fraction of sp³-hybridized carbons (Fsp3) is 0.417. The molecule has 3 N–H and O–H groups in total. The van der Waals surface area contributed by atoms with E-state index in [0.717, 1.165) is 12.8 Å². The van der Waals surface area contributed by atoms with Crippen molar-refractivity contribution >= 4 is 17.6 Å². The summed E-state index contributed by atoms with van der Waals surface area (Å²) in [4.78, 5) is 27.2. The van der Waals surface area contributed by atoms with Crippen molar-refractivity contribution in [2.75, 3.05) is 11.9 Å². The second-order valence-corrected chi connectivity index (χ2v) is 4.17. The largest absolute Gasteiger partial charge is 0.354 e. The first-order valence-corrected chi connectivity index (χ1v) is 6.01. The highest BCUT2D eigenvalue weighted by Crippen LogP contribution is 2.07. The van der Waals surface area contributed by atoms with Crippen LogP contribution in [-0.2, 0) is 4.79 Å². The highest BCUT2D eigenvalue weighted by atomic mass is 16.2. The first kappa shape index (κ1) is 12.3. The molecule has 0 aliphatic carbocycles. The molecule has 2 rings (SSSR count). The lowest BCUT2D eigenvalue weighted by molar-refractivity contribution is -0.122. The first-order valence-electron chi connectivity index (χ1n) is 6.01. The second kappa shape index (κ2) is 6.00. The van der Waals surface area contributed by atoms with E-state index in [0.29, 0.717) is 18.7 Å². The monoisotopic (exact) mass is 248 g/mol. The van der Waals surface area contributed by atoms with Crippen molar-refractivity contribution in [3.05, 3.63) is 24.5 Å². The van der Waals surface area contributed by atoms with Gasteiger partial charge in [-0.15, -0.1) is 0 Å². The Kier molecular flexibility index (Phi) is 4.11. The van der Waals surface area contributed by atoms with Gasteiger partial charge in [-0.1, -0.05) is 0 Å². The molecular weight excluding hydrogens is 232 g/mol. The Morgan fingerprint density at radius 3 is 2.89 bits per heavy atom. The Balaban J connectivity index is 1.88. The topological polar surface area (TPSA) is 83.1 Å². The van der Waals surface area contributed by atoms with Crippen LogP contribution in [0, 0.1) is 0 Å². The number of amides is 3. The number of carbonyl (C=O) groups excluding carboxylic acids is 2. The van der Waals surface area contributed by atoms with Crippen LogP contribution < -0.4 is 16.0 Å². The number of pyridine rings is 1. The predicted octanol–water partition coefficient (Wildman–Crippen LogP) is 0.872. The molecule has 0 saturated carbocycles. The van der Waals surface area contributed by atoms with Gasteiger partial charge in [-0.2, -0.15) is 0 Å². The minimum Gasteiger partial charge on any atom is -0.354 e. The molecule has 96 valence electrons. The molecule has 1 unspecified atom stereocenters. The summed E-state index contributed by atoms with van der Waals surface area (Å²) in [6.45, 7) is 0.684. The molecule has 1 fully saturated rings. The molecule has 2 heterocycles. The molecule has 0 bridgehead atoms. The Morgan fingerprint density at radius 1 is 1.33 bits per heavy atom. The summed E-state index contributed by atoms with van der Waals surface area (Å²) in [5.74, 6) is -0.114. The van der Waals surface area contributed by atoms with Gasteiger partial charge in [-0.25, -0.2) is 4.79 Å². The van der Waals surface area contributed by atoms with Gasteiger partial charge in [-0.3, -0.25) is 9.78 Å². The van der Waals surface area contributed by atoms with Gasteiger partial charge in [-0.05, 0) is 31.4 Å². The standard InChI is InChI=1S/C12H16N4O2/c17-11-10(3-1-2-6-14-11)16-12(18)15-9-4-7-13-8-5-9/h4-5,7-8,10H,1-3,6H2,(H,14,17)(H2,13,15,16,18). The van der Waals surface area contributed by atoms with Crippen LogP contribution >= 0.6 is 0 Å². The Labute approximate surface area is 105 Å². The number of hydrogen-bond acceptors (Lipinski definition) is 3. The van der Waals surface area contributed by atoms with Gasteiger partial charge in [0.05, 0.1) is 0 Å². The van der Waals surface area contributed by atoms with Crippen molar-refractivity contribution in [2.24, 2.45) is 0 Å². The van der Waals surface area contributed by atoms with Crippen LogP contribution in [0.15, 0.2) is 24.5 Å². The summed E-state index contributed by atoms with van der Waals surface area (Å²) in [7, 11) is 0. The first-order chi connectivity index (χ1) is 8.75. The molecule has 0 aromatic carbocycles. The Bertz CT molecular complexity index is 421. The average Bonchev–Trinajstić information content (AvgIpc) is 2.56. The molecule has 6 heteroatoms. The van der Waals surface area contributed by atoms with Gasteiger partial charge in [0.1, 0.15) is 6.04 Å². The van der Waals surface area contributed by atoms with E-state index in [1.54, 1.807) is 24.5 Å². The summed E-state index contributed by atoms with van der Waals surface area (Å²) in [6, 6.07) is 2.55. The third-order valence-corrected chi connectivity index (χ3v) is 2.78. The second-order valence-electron chi connectivity index (χ2n) is 4.17. The number of carbonyl (C=O) groups is 2. The Morgan fingerprint density at radius 2 is 2.11 bits per heavy atom. The van der Waals surface area contributed by atoms with Crippen LogP contribution in [0.2, 0.25) is 0 Å². The van der Waals surface area contributed by atoms with E-state index >= 15 is 0 Å². The zero-order chi connectivity index (χ0) is 12.8. The number of hydrogen-bond donors (Lipinski definition) is 3. The van der Waals surface area contributed by atoms with Gasteiger partial charge in [0, 0.05) is 24.6 Å². The molecule has 1 aliphatic rings. The van der Waals surface area contributed by atoms with Gasteiger partial charge in [0.25, 0.3) is 0 Å². The molecule has 0 spiro atoms. The molecule has 0 radical (unpaired) electrons. The molecule has 3 amide bonds. The van der Waals surface area contributed by atoms with Gasteiger partial charge < -0.3 is 16.0 Å². The molecule has 6 nitrogen and oxygen atoms in total. The minimum atomic E-state index is -0.450. The van der Waals surface area contributed by atoms with Crippen molar-refractivity contribution in [1.82, 2.24) is 15.6 Å². The molecule has 18 heavy (non-hydrogen) atoms. The molecule has 1 saturated heterocycles. The third-order valence-electron chi connectivity index (χ3n) is 2.78. The quantitative estimate of drug-likeness (QED) is 0.726. The van der Waals surface area contributed by atoms with Crippen LogP contribution in [0.4, 0.5) is 10.5 Å². The number of urea groups is 1. The number of aromatic nitrogens is 1. The van der Waals surface area contributed by atoms with Gasteiger partial charge in [0.2, 0.25) is 5.91 Å². The lowest BCUT2D eigenvalue weighted by atomic mass is 10.1. The Hall–Kier alpha value is -2.11. The van der Waals surface area contributed by atoms with Crippen LogP contribution in [0.1, 0.15) is 19.3 Å². The SMILES string of the molecule is O=C(Nc1ccncc1)NC1CCCCNC1=O. The van der Waals surface area contributed by atoms with Crippen molar-refractivity contribution in [3.8, 4) is 0 Å². The molecule has 1 aliphatic heterocycles. The molecule has 1 aromatic rings. The predicted molar refractivity (Wildman–Crippen MR) is 67.0 cm³/mol. The molecular formula is C12H16N4O2. The van der Waals surface area contributed by atoms with Crippen molar-refractivity contribution in [1.29, 1.82) is 0 Å². The highest BCUT2D eigenvalue weighted by Gasteiger charge is 2.22. The van der Waals surface area contributed by atoms with E-state index in [1.165, 1.54) is 0 Å². The van der Waals surface area contributed by atoms with Crippen LogP contribution in [-0.4, -0.2) is 29.5 Å². The highest BCUT2D eigenvalue weighted by molar-refractivity contribution is 5.93. The fourth-order valence-corrected chi connectivity index (χ4v) is 1.84. The average molecular weight is 248 g/mol. The summed E-state index contributed by atoms with van der Waals surface area (Å²) in [5.41, 5.74) is 0.650. The summed E-state index contributed by atoms with van der Waals surface area (Å²) in [5, 5.41) is 8.11. The molecule has 1 aromatic heterocycles. The summed E-state index contributed by atoms with van der Waals surface area (Å²) in [6.07, 6.45) is 5.74. The zero-order valence-electron chi connectivity index (χ0n) is 9.98. The number of anilines is 1. The number of nitrogens with zero attached hydrogens (tertiary/aromatic N) is 1. The van der Waals surface area contributed by atoms with Crippen molar-refractivity contribution < 1.29 is 9.59 Å². The molecule has 1 atom stereocenters. The van der Waals surface area contributed by atoms with E-state index in [2.05, 4.69) is 20.9 Å². The van der Waals surface area contributed by atoms with Gasteiger partial charge >= 0.3 is 6.03 Å². The number of nitrogens with one attached hydrogen (secondary N) is 3. The van der Waals surface area contributed by atoms with Crippen LogP contribution in [0.25, 0.3) is 0 Å². The lowest BCUT2D eigenvalue weighted by Gasteiger charge is -2.15. The fourth-order valence-electron chi connectivity index (χ4n) is 1.84. The zero-order valence-corrected chi connectivity index (χ0v) is 9.98.